The predicted molar refractivity (Wildman–Crippen MR) is 65.8 cm³/mol. The molecule has 1 aromatic carbocycles. The van der Waals surface area contributed by atoms with Crippen molar-refractivity contribution < 1.29 is 4.79 Å². The molecule has 0 radical (unpaired) electrons. The minimum absolute atomic E-state index is 0.00755. The Hall–Kier alpha value is -1.16. The van der Waals surface area contributed by atoms with E-state index in [2.05, 4.69) is 5.32 Å². The van der Waals surface area contributed by atoms with Crippen molar-refractivity contribution in [1.82, 2.24) is 5.32 Å². The molecule has 0 spiro atoms. The fourth-order valence-corrected chi connectivity index (χ4v) is 1.67. The molecule has 4 heteroatoms. The van der Waals surface area contributed by atoms with Crippen molar-refractivity contribution in [3.8, 4) is 0 Å². The summed E-state index contributed by atoms with van der Waals surface area (Å²) in [6, 6.07) is 7.57. The lowest BCUT2D eigenvalue weighted by Gasteiger charge is -2.14. The summed E-state index contributed by atoms with van der Waals surface area (Å²) in [7, 11) is 0. The zero-order chi connectivity index (χ0) is 11.3. The first-order valence-corrected chi connectivity index (χ1v) is 6.16. The minimum Gasteiger partial charge on any atom is -0.399 e. The highest BCUT2D eigenvalue weighted by atomic mass is 32.2. The van der Waals surface area contributed by atoms with Crippen LogP contribution in [0, 0.1) is 0 Å². The lowest BCUT2D eigenvalue weighted by atomic mass is 10.1. The van der Waals surface area contributed by atoms with Gasteiger partial charge in [-0.05, 0) is 30.9 Å². The Bertz CT molecular complexity index is 341. The largest absolute Gasteiger partial charge is 0.399 e. The SMILES string of the molecule is CSCC(=O)NC(C)c1cccc(N)c1. The van der Waals surface area contributed by atoms with Gasteiger partial charge < -0.3 is 11.1 Å². The molecule has 0 aliphatic rings. The van der Waals surface area contributed by atoms with Gasteiger partial charge >= 0.3 is 0 Å². The molecule has 0 aliphatic heterocycles. The second-order valence-electron chi connectivity index (χ2n) is 3.39. The van der Waals surface area contributed by atoms with Crippen LogP contribution in [0.4, 0.5) is 5.69 Å². The van der Waals surface area contributed by atoms with Crippen molar-refractivity contribution in [2.75, 3.05) is 17.7 Å². The van der Waals surface area contributed by atoms with E-state index in [4.69, 9.17) is 5.73 Å². The van der Waals surface area contributed by atoms with Crippen LogP contribution >= 0.6 is 11.8 Å². The van der Waals surface area contributed by atoms with Gasteiger partial charge in [-0.25, -0.2) is 0 Å². The van der Waals surface area contributed by atoms with Crippen LogP contribution in [-0.4, -0.2) is 17.9 Å². The molecule has 0 heterocycles. The van der Waals surface area contributed by atoms with Crippen LogP contribution in [-0.2, 0) is 4.79 Å². The number of hydrogen-bond acceptors (Lipinski definition) is 3. The normalized spacial score (nSPS) is 12.1. The predicted octanol–water partition coefficient (Wildman–Crippen LogP) is 1.81. The molecule has 0 aromatic heterocycles. The molecule has 1 atom stereocenters. The molecule has 0 bridgehead atoms. The molecule has 3 nitrogen and oxygen atoms in total. The van der Waals surface area contributed by atoms with Gasteiger partial charge in [-0.15, -0.1) is 0 Å². The fourth-order valence-electron chi connectivity index (χ4n) is 1.33. The minimum atomic E-state index is 0.00755. The topological polar surface area (TPSA) is 55.1 Å². The summed E-state index contributed by atoms with van der Waals surface area (Å²) in [5, 5.41) is 2.91. The van der Waals surface area contributed by atoms with Gasteiger partial charge in [-0.3, -0.25) is 4.79 Å². The van der Waals surface area contributed by atoms with Gasteiger partial charge in [0.05, 0.1) is 11.8 Å². The molecule has 1 unspecified atom stereocenters. The van der Waals surface area contributed by atoms with Crippen molar-refractivity contribution in [2.24, 2.45) is 0 Å². The average Bonchev–Trinajstić information content (AvgIpc) is 2.18. The number of nitrogens with two attached hydrogens (primary N) is 1. The molecule has 0 saturated heterocycles. The van der Waals surface area contributed by atoms with E-state index in [-0.39, 0.29) is 11.9 Å². The summed E-state index contributed by atoms with van der Waals surface area (Å²) >= 11 is 1.51. The highest BCUT2D eigenvalue weighted by molar-refractivity contribution is 7.99. The maximum atomic E-state index is 11.3. The molecule has 1 rings (SSSR count). The third-order valence-corrected chi connectivity index (χ3v) is 2.61. The molecule has 0 aliphatic carbocycles. The Balaban J connectivity index is 2.60. The highest BCUT2D eigenvalue weighted by Gasteiger charge is 2.08. The van der Waals surface area contributed by atoms with Crippen molar-refractivity contribution >= 4 is 23.4 Å². The lowest BCUT2D eigenvalue weighted by molar-refractivity contribution is -0.119. The second-order valence-corrected chi connectivity index (χ2v) is 4.26. The Labute approximate surface area is 94.4 Å². The molecule has 0 saturated carbocycles. The van der Waals surface area contributed by atoms with E-state index in [9.17, 15) is 4.79 Å². The fraction of sp³-hybridized carbons (Fsp3) is 0.364. The van der Waals surface area contributed by atoms with Gasteiger partial charge in [-0.1, -0.05) is 12.1 Å². The molecule has 82 valence electrons. The monoisotopic (exact) mass is 224 g/mol. The number of rotatable bonds is 4. The van der Waals surface area contributed by atoms with Crippen molar-refractivity contribution in [1.29, 1.82) is 0 Å². The van der Waals surface area contributed by atoms with E-state index in [0.717, 1.165) is 11.3 Å². The summed E-state index contributed by atoms with van der Waals surface area (Å²) < 4.78 is 0. The molecule has 1 aromatic rings. The van der Waals surface area contributed by atoms with Crippen molar-refractivity contribution in [3.05, 3.63) is 29.8 Å². The van der Waals surface area contributed by atoms with Crippen LogP contribution in [0.1, 0.15) is 18.5 Å². The summed E-state index contributed by atoms with van der Waals surface area (Å²) in [6.07, 6.45) is 1.91. The number of anilines is 1. The van der Waals surface area contributed by atoms with Crippen LogP contribution in [0.15, 0.2) is 24.3 Å². The molecular formula is C11H16N2OS. The maximum Gasteiger partial charge on any atom is 0.230 e. The summed E-state index contributed by atoms with van der Waals surface area (Å²) in [6.45, 7) is 1.95. The Morgan fingerprint density at radius 1 is 1.60 bits per heavy atom. The van der Waals surface area contributed by atoms with E-state index in [1.807, 2.05) is 37.4 Å². The van der Waals surface area contributed by atoms with Gasteiger partial charge in [-0.2, -0.15) is 11.8 Å². The van der Waals surface area contributed by atoms with E-state index in [0.29, 0.717) is 5.75 Å². The van der Waals surface area contributed by atoms with E-state index < -0.39 is 0 Å². The Morgan fingerprint density at radius 3 is 2.93 bits per heavy atom. The standard InChI is InChI=1S/C11H16N2OS/c1-8(13-11(14)7-15-2)9-4-3-5-10(12)6-9/h3-6,8H,7,12H2,1-2H3,(H,13,14). The molecule has 1 amide bonds. The van der Waals surface area contributed by atoms with E-state index in [1.54, 1.807) is 0 Å². The van der Waals surface area contributed by atoms with Crippen LogP contribution in [0.2, 0.25) is 0 Å². The van der Waals surface area contributed by atoms with Crippen molar-refractivity contribution in [3.63, 3.8) is 0 Å². The number of amides is 1. The number of carbonyl (C=O) groups is 1. The maximum absolute atomic E-state index is 11.3. The Morgan fingerprint density at radius 2 is 2.33 bits per heavy atom. The number of hydrogen-bond donors (Lipinski definition) is 2. The molecular weight excluding hydrogens is 208 g/mol. The summed E-state index contributed by atoms with van der Waals surface area (Å²) in [5.74, 6) is 0.546. The zero-order valence-electron chi connectivity index (χ0n) is 8.99. The van der Waals surface area contributed by atoms with Gasteiger partial charge in [0.2, 0.25) is 5.91 Å². The van der Waals surface area contributed by atoms with Gasteiger partial charge in [0.15, 0.2) is 0 Å². The number of thioether (sulfide) groups is 1. The first-order valence-electron chi connectivity index (χ1n) is 4.77. The quantitative estimate of drug-likeness (QED) is 0.767. The molecule has 3 N–H and O–H groups in total. The number of benzene rings is 1. The number of carbonyl (C=O) groups excluding carboxylic acids is 1. The van der Waals surface area contributed by atoms with Gasteiger partial charge in [0.1, 0.15) is 0 Å². The Kier molecular flexibility index (Phi) is 4.49. The van der Waals surface area contributed by atoms with Crippen LogP contribution in [0.5, 0.6) is 0 Å². The van der Waals surface area contributed by atoms with Crippen LogP contribution in [0.25, 0.3) is 0 Å². The first kappa shape index (κ1) is 11.9. The van der Waals surface area contributed by atoms with E-state index in [1.165, 1.54) is 11.8 Å². The van der Waals surface area contributed by atoms with Crippen molar-refractivity contribution in [2.45, 2.75) is 13.0 Å². The van der Waals surface area contributed by atoms with Crippen LogP contribution in [0.3, 0.4) is 0 Å². The van der Waals surface area contributed by atoms with E-state index >= 15 is 0 Å². The van der Waals surface area contributed by atoms with Gasteiger partial charge in [0, 0.05) is 5.69 Å². The third kappa shape index (κ3) is 3.83. The molecule has 0 fully saturated rings. The smallest absolute Gasteiger partial charge is 0.230 e. The third-order valence-electron chi connectivity index (χ3n) is 2.06. The summed E-state index contributed by atoms with van der Waals surface area (Å²) in [5.41, 5.74) is 7.42. The second kappa shape index (κ2) is 5.66. The highest BCUT2D eigenvalue weighted by Crippen LogP contribution is 2.15. The van der Waals surface area contributed by atoms with Crippen LogP contribution < -0.4 is 11.1 Å². The zero-order valence-corrected chi connectivity index (χ0v) is 9.80. The first-order chi connectivity index (χ1) is 7.13. The summed E-state index contributed by atoms with van der Waals surface area (Å²) in [4.78, 5) is 11.3. The molecule has 15 heavy (non-hydrogen) atoms. The van der Waals surface area contributed by atoms with Gasteiger partial charge in [0.25, 0.3) is 0 Å². The number of nitrogen functional groups attached to an aromatic ring is 1. The lowest BCUT2D eigenvalue weighted by Crippen LogP contribution is -2.28. The average molecular weight is 224 g/mol. The number of nitrogens with one attached hydrogen (secondary N) is 1.